The summed E-state index contributed by atoms with van der Waals surface area (Å²) in [6, 6.07) is 4.67. The van der Waals surface area contributed by atoms with E-state index in [1.165, 1.54) is 36.7 Å². The van der Waals surface area contributed by atoms with E-state index in [9.17, 15) is 13.2 Å². The third-order valence-electron chi connectivity index (χ3n) is 6.05. The van der Waals surface area contributed by atoms with Crippen molar-refractivity contribution in [1.29, 1.82) is 0 Å². The van der Waals surface area contributed by atoms with Crippen molar-refractivity contribution >= 4 is 44.0 Å². The molecule has 0 radical (unpaired) electrons. The molecule has 2 aromatic rings. The van der Waals surface area contributed by atoms with Crippen LogP contribution in [0.15, 0.2) is 34.7 Å². The van der Waals surface area contributed by atoms with Crippen molar-refractivity contribution in [2.24, 2.45) is 17.0 Å². The first kappa shape index (κ1) is 19.8. The zero-order chi connectivity index (χ0) is 19.9. The van der Waals surface area contributed by atoms with Crippen molar-refractivity contribution in [2.75, 3.05) is 5.32 Å². The maximum Gasteiger partial charge on any atom is 0.239 e. The minimum atomic E-state index is -3.91. The largest absolute Gasteiger partial charge is 0.301 e. The number of amides is 1. The predicted molar refractivity (Wildman–Crippen MR) is 110 cm³/mol. The Morgan fingerprint density at radius 3 is 2.64 bits per heavy atom. The second kappa shape index (κ2) is 7.40. The van der Waals surface area contributed by atoms with Crippen molar-refractivity contribution in [1.82, 2.24) is 4.98 Å². The van der Waals surface area contributed by atoms with Crippen LogP contribution >= 0.6 is 22.9 Å². The molecule has 0 bridgehead atoms. The Morgan fingerprint density at radius 2 is 2.04 bits per heavy atom. The van der Waals surface area contributed by atoms with Gasteiger partial charge in [-0.15, -0.1) is 11.3 Å². The highest BCUT2D eigenvalue weighted by Crippen LogP contribution is 2.61. The highest BCUT2D eigenvalue weighted by molar-refractivity contribution is 7.89. The number of nitrogens with two attached hydrogens (primary N) is 1. The van der Waals surface area contributed by atoms with Gasteiger partial charge in [-0.05, 0) is 36.0 Å². The molecule has 2 saturated carbocycles. The van der Waals surface area contributed by atoms with Crippen LogP contribution in [0, 0.1) is 11.8 Å². The number of anilines is 1. The Morgan fingerprint density at radius 1 is 1.29 bits per heavy atom. The number of hydrogen-bond acceptors (Lipinski definition) is 5. The second-order valence-electron chi connectivity index (χ2n) is 7.66. The van der Waals surface area contributed by atoms with Crippen LogP contribution in [-0.2, 0) is 20.2 Å². The summed E-state index contributed by atoms with van der Waals surface area (Å²) in [7, 11) is -3.91. The molecule has 0 aliphatic heterocycles. The highest BCUT2D eigenvalue weighted by atomic mass is 35.5. The number of nitrogens with one attached hydrogen (secondary N) is 1. The Labute approximate surface area is 173 Å². The summed E-state index contributed by atoms with van der Waals surface area (Å²) in [6.45, 7) is 0. The maximum atomic E-state index is 13.3. The first-order chi connectivity index (χ1) is 13.3. The molecule has 1 aromatic carbocycles. The van der Waals surface area contributed by atoms with E-state index in [4.69, 9.17) is 16.7 Å². The number of thiazole rings is 1. The van der Waals surface area contributed by atoms with E-state index < -0.39 is 15.4 Å². The fourth-order valence-electron chi connectivity index (χ4n) is 4.62. The lowest BCUT2D eigenvalue weighted by atomic mass is 9.80. The van der Waals surface area contributed by atoms with Crippen LogP contribution in [0.3, 0.4) is 0 Å². The number of benzene rings is 1. The van der Waals surface area contributed by atoms with Gasteiger partial charge in [0.05, 0.1) is 10.4 Å². The minimum Gasteiger partial charge on any atom is -0.301 e. The van der Waals surface area contributed by atoms with Crippen LogP contribution in [0.5, 0.6) is 0 Å². The molecule has 4 rings (SSSR count). The highest BCUT2D eigenvalue weighted by Gasteiger charge is 2.63. The summed E-state index contributed by atoms with van der Waals surface area (Å²) in [6.07, 6.45) is 8.26. The van der Waals surface area contributed by atoms with Gasteiger partial charge in [0.2, 0.25) is 15.9 Å². The topological polar surface area (TPSA) is 102 Å². The molecule has 2 aliphatic rings. The van der Waals surface area contributed by atoms with E-state index >= 15 is 0 Å². The number of halogens is 1. The third kappa shape index (κ3) is 3.58. The van der Waals surface area contributed by atoms with E-state index in [1.54, 1.807) is 18.3 Å². The normalized spacial score (nSPS) is 25.4. The van der Waals surface area contributed by atoms with Crippen molar-refractivity contribution in [3.05, 3.63) is 40.4 Å². The summed E-state index contributed by atoms with van der Waals surface area (Å²) < 4.78 is 23.4. The van der Waals surface area contributed by atoms with Gasteiger partial charge in [0, 0.05) is 11.6 Å². The van der Waals surface area contributed by atoms with E-state index in [0.717, 1.165) is 24.8 Å². The van der Waals surface area contributed by atoms with Gasteiger partial charge in [-0.3, -0.25) is 4.79 Å². The number of sulfonamides is 1. The Kier molecular flexibility index (Phi) is 5.24. The SMILES string of the molecule is NS(=O)(=O)c1ccc([C@@]2(C(=O)Nc3nccs3)C[C@H]2C2CCCCC2)cc1Cl. The van der Waals surface area contributed by atoms with Crippen molar-refractivity contribution < 1.29 is 13.2 Å². The minimum absolute atomic E-state index is 0.0516. The number of hydrogen-bond donors (Lipinski definition) is 2. The number of nitrogens with zero attached hydrogens (tertiary/aromatic N) is 1. The fraction of sp³-hybridized carbons (Fsp3) is 0.474. The second-order valence-corrected chi connectivity index (χ2v) is 10.5. The molecule has 0 unspecified atom stereocenters. The van der Waals surface area contributed by atoms with Gasteiger partial charge < -0.3 is 5.32 Å². The third-order valence-corrected chi connectivity index (χ3v) is 8.13. The number of rotatable bonds is 5. The zero-order valence-corrected chi connectivity index (χ0v) is 17.6. The molecule has 2 aliphatic carbocycles. The van der Waals surface area contributed by atoms with Gasteiger partial charge in [0.25, 0.3) is 0 Å². The quantitative estimate of drug-likeness (QED) is 0.736. The predicted octanol–water partition coefficient (Wildman–Crippen LogP) is 3.92. The molecule has 1 amide bonds. The molecule has 2 atom stereocenters. The summed E-state index contributed by atoms with van der Waals surface area (Å²) in [5.41, 5.74) is 0.0447. The molecule has 1 aromatic heterocycles. The van der Waals surface area contributed by atoms with E-state index in [2.05, 4.69) is 10.3 Å². The van der Waals surface area contributed by atoms with Crippen LogP contribution in [0.25, 0.3) is 0 Å². The number of carbonyl (C=O) groups excluding carboxylic acids is 1. The van der Waals surface area contributed by atoms with Gasteiger partial charge in [0.15, 0.2) is 5.13 Å². The lowest BCUT2D eigenvalue weighted by molar-refractivity contribution is -0.119. The van der Waals surface area contributed by atoms with Gasteiger partial charge in [-0.2, -0.15) is 0 Å². The number of carbonyl (C=O) groups is 1. The molecule has 150 valence electrons. The Balaban J connectivity index is 1.70. The molecular weight excluding hydrogens is 418 g/mol. The van der Waals surface area contributed by atoms with E-state index in [1.807, 2.05) is 5.38 Å². The first-order valence-electron chi connectivity index (χ1n) is 9.36. The summed E-state index contributed by atoms with van der Waals surface area (Å²) in [5.74, 6) is 0.620. The van der Waals surface area contributed by atoms with Crippen LogP contribution in [0.1, 0.15) is 44.1 Å². The smallest absolute Gasteiger partial charge is 0.239 e. The van der Waals surface area contributed by atoms with Crippen LogP contribution < -0.4 is 10.5 Å². The summed E-state index contributed by atoms with van der Waals surface area (Å²) in [4.78, 5) is 17.3. The molecule has 1 heterocycles. The number of aromatic nitrogens is 1. The van der Waals surface area contributed by atoms with E-state index in [-0.39, 0.29) is 21.7 Å². The van der Waals surface area contributed by atoms with Crippen molar-refractivity contribution in [3.63, 3.8) is 0 Å². The van der Waals surface area contributed by atoms with Gasteiger partial charge in [0.1, 0.15) is 4.90 Å². The molecule has 6 nitrogen and oxygen atoms in total. The lowest BCUT2D eigenvalue weighted by Gasteiger charge is -2.26. The molecule has 0 spiro atoms. The van der Waals surface area contributed by atoms with Crippen LogP contribution in [0.2, 0.25) is 5.02 Å². The monoisotopic (exact) mass is 439 g/mol. The molecule has 0 saturated heterocycles. The molecule has 28 heavy (non-hydrogen) atoms. The van der Waals surface area contributed by atoms with Crippen LogP contribution in [0.4, 0.5) is 5.13 Å². The average Bonchev–Trinajstić information content (AvgIpc) is 3.23. The van der Waals surface area contributed by atoms with E-state index in [0.29, 0.717) is 11.0 Å². The lowest BCUT2D eigenvalue weighted by Crippen LogP contribution is -2.32. The fourth-order valence-corrected chi connectivity index (χ4v) is 6.24. The van der Waals surface area contributed by atoms with Crippen molar-refractivity contribution in [2.45, 2.75) is 48.8 Å². The maximum absolute atomic E-state index is 13.3. The van der Waals surface area contributed by atoms with Gasteiger partial charge in [-0.1, -0.05) is 49.8 Å². The molecule has 9 heteroatoms. The zero-order valence-electron chi connectivity index (χ0n) is 15.2. The van der Waals surface area contributed by atoms with Gasteiger partial charge in [-0.25, -0.2) is 18.5 Å². The molecule has 2 fully saturated rings. The van der Waals surface area contributed by atoms with Crippen LogP contribution in [-0.4, -0.2) is 19.3 Å². The Bertz CT molecular complexity index is 988. The standard InChI is InChI=1S/C19H22ClN3O3S2/c20-15-10-13(6-7-16(15)28(21,25)26)19(17(24)23-18-22-8-9-27-18)11-14(19)12-4-2-1-3-5-12/h6-10,12,14H,1-5,11H2,(H2,21,25,26)(H,22,23,24)/t14-,19-/m0/s1. The number of primary sulfonamides is 1. The summed E-state index contributed by atoms with van der Waals surface area (Å²) in [5, 5.41) is 10.6. The first-order valence-corrected chi connectivity index (χ1v) is 12.2. The Hall–Kier alpha value is -1.48. The molecule has 3 N–H and O–H groups in total. The molecular formula is C19H22ClN3O3S2. The summed E-state index contributed by atoms with van der Waals surface area (Å²) >= 11 is 7.60. The average molecular weight is 440 g/mol. The van der Waals surface area contributed by atoms with Gasteiger partial charge >= 0.3 is 0 Å². The van der Waals surface area contributed by atoms with Crippen molar-refractivity contribution in [3.8, 4) is 0 Å².